The smallest absolute Gasteiger partial charge is 0.321 e. The fraction of sp³-hybridized carbons (Fsp3) is 0.750. The summed E-state index contributed by atoms with van der Waals surface area (Å²) >= 11 is 0. The van der Waals surface area contributed by atoms with Gasteiger partial charge in [0.1, 0.15) is 0 Å². The molecule has 0 aromatic rings. The van der Waals surface area contributed by atoms with Crippen LogP contribution in [0, 0.1) is 5.41 Å². The summed E-state index contributed by atoms with van der Waals surface area (Å²) in [6.07, 6.45) is 5.18. The highest BCUT2D eigenvalue weighted by atomic mass is 16.2. The van der Waals surface area contributed by atoms with Gasteiger partial charge in [-0.2, -0.15) is 0 Å². The fourth-order valence-electron chi connectivity index (χ4n) is 1.83. The number of hydrogen-bond acceptors (Lipinski definition) is 2. The van der Waals surface area contributed by atoms with Gasteiger partial charge in [0, 0.05) is 6.04 Å². The monoisotopic (exact) mass is 184 g/mol. The van der Waals surface area contributed by atoms with E-state index >= 15 is 0 Å². The minimum atomic E-state index is -0.612. The summed E-state index contributed by atoms with van der Waals surface area (Å²) in [5.41, 5.74) is 10.4. The standard InChI is InChI=1S/C8H16N4O/c9-7(10)12(8(11)13)6-4-2-1-3-5-6/h6H,1-5H2,(H3,9,10)(H2,11,13). The van der Waals surface area contributed by atoms with E-state index in [0.29, 0.717) is 0 Å². The first-order chi connectivity index (χ1) is 6.13. The molecule has 1 aliphatic rings. The summed E-state index contributed by atoms with van der Waals surface area (Å²) in [4.78, 5) is 12.2. The van der Waals surface area contributed by atoms with Crippen LogP contribution < -0.4 is 11.5 Å². The van der Waals surface area contributed by atoms with Crippen LogP contribution in [0.1, 0.15) is 32.1 Å². The van der Waals surface area contributed by atoms with Crippen molar-refractivity contribution < 1.29 is 4.79 Å². The number of primary amides is 1. The first-order valence-corrected chi connectivity index (χ1v) is 4.55. The largest absolute Gasteiger partial charge is 0.370 e. The topological polar surface area (TPSA) is 96.2 Å². The Kier molecular flexibility index (Phi) is 3.11. The molecule has 5 nitrogen and oxygen atoms in total. The van der Waals surface area contributed by atoms with Gasteiger partial charge in [-0.05, 0) is 12.8 Å². The van der Waals surface area contributed by atoms with E-state index in [0.717, 1.165) is 25.7 Å². The molecular weight excluding hydrogens is 168 g/mol. The van der Waals surface area contributed by atoms with Crippen LogP contribution in [0.5, 0.6) is 0 Å². The molecule has 5 heteroatoms. The molecule has 13 heavy (non-hydrogen) atoms. The summed E-state index contributed by atoms with van der Waals surface area (Å²) < 4.78 is 0. The lowest BCUT2D eigenvalue weighted by molar-refractivity contribution is 0.203. The Hall–Kier alpha value is -1.26. The third-order valence-electron chi connectivity index (χ3n) is 2.44. The molecule has 0 aromatic carbocycles. The second-order valence-electron chi connectivity index (χ2n) is 3.39. The van der Waals surface area contributed by atoms with Crippen molar-refractivity contribution >= 4 is 12.0 Å². The summed E-state index contributed by atoms with van der Waals surface area (Å²) in [6, 6.07) is -0.567. The normalized spacial score (nSPS) is 18.2. The van der Waals surface area contributed by atoms with Crippen molar-refractivity contribution in [3.63, 3.8) is 0 Å². The number of nitrogens with one attached hydrogen (secondary N) is 1. The van der Waals surface area contributed by atoms with Gasteiger partial charge in [0.2, 0.25) is 0 Å². The van der Waals surface area contributed by atoms with E-state index in [1.54, 1.807) is 0 Å². The van der Waals surface area contributed by atoms with Crippen LogP contribution >= 0.6 is 0 Å². The average Bonchev–Trinajstić information content (AvgIpc) is 2.04. The van der Waals surface area contributed by atoms with Crippen LogP contribution in [0.2, 0.25) is 0 Å². The second kappa shape index (κ2) is 4.11. The number of nitrogens with zero attached hydrogens (tertiary/aromatic N) is 1. The van der Waals surface area contributed by atoms with E-state index in [1.165, 1.54) is 11.3 Å². The Morgan fingerprint density at radius 1 is 1.23 bits per heavy atom. The molecule has 0 saturated heterocycles. The van der Waals surface area contributed by atoms with Gasteiger partial charge >= 0.3 is 6.03 Å². The van der Waals surface area contributed by atoms with Gasteiger partial charge in [0.05, 0.1) is 0 Å². The average molecular weight is 184 g/mol. The molecule has 0 unspecified atom stereocenters. The Bertz CT molecular complexity index is 196. The summed E-state index contributed by atoms with van der Waals surface area (Å²) in [6.45, 7) is 0. The van der Waals surface area contributed by atoms with Gasteiger partial charge in [0.25, 0.3) is 0 Å². The van der Waals surface area contributed by atoms with Gasteiger partial charge in [-0.3, -0.25) is 10.3 Å². The van der Waals surface area contributed by atoms with E-state index in [4.69, 9.17) is 16.9 Å². The van der Waals surface area contributed by atoms with Crippen LogP contribution in [0.3, 0.4) is 0 Å². The maximum atomic E-state index is 11.0. The molecule has 1 rings (SSSR count). The molecule has 2 amide bonds. The van der Waals surface area contributed by atoms with Gasteiger partial charge in [-0.1, -0.05) is 19.3 Å². The number of urea groups is 1. The highest BCUT2D eigenvalue weighted by Crippen LogP contribution is 2.21. The zero-order valence-electron chi connectivity index (χ0n) is 7.62. The van der Waals surface area contributed by atoms with Gasteiger partial charge in [-0.25, -0.2) is 4.79 Å². The third-order valence-corrected chi connectivity index (χ3v) is 2.44. The molecule has 1 fully saturated rings. The zero-order valence-corrected chi connectivity index (χ0v) is 7.62. The minimum absolute atomic E-state index is 0.0451. The van der Waals surface area contributed by atoms with E-state index < -0.39 is 6.03 Å². The molecule has 0 aromatic heterocycles. The number of carbonyl (C=O) groups excluding carboxylic acids is 1. The molecule has 1 saturated carbocycles. The lowest BCUT2D eigenvalue weighted by Gasteiger charge is -2.31. The molecular formula is C8H16N4O. The Morgan fingerprint density at radius 3 is 2.15 bits per heavy atom. The van der Waals surface area contributed by atoms with E-state index in [1.807, 2.05) is 0 Å². The zero-order chi connectivity index (χ0) is 9.84. The van der Waals surface area contributed by atoms with Crippen LogP contribution in [-0.4, -0.2) is 22.9 Å². The molecule has 5 N–H and O–H groups in total. The van der Waals surface area contributed by atoms with Gasteiger partial charge in [0.15, 0.2) is 5.96 Å². The van der Waals surface area contributed by atoms with Crippen molar-refractivity contribution in [2.45, 2.75) is 38.1 Å². The highest BCUT2D eigenvalue weighted by Gasteiger charge is 2.25. The molecule has 0 aliphatic heterocycles. The van der Waals surface area contributed by atoms with Gasteiger partial charge in [-0.15, -0.1) is 0 Å². The summed E-state index contributed by atoms with van der Waals surface area (Å²) in [5, 5.41) is 7.22. The Balaban J connectivity index is 2.62. The van der Waals surface area contributed by atoms with Gasteiger partial charge < -0.3 is 11.5 Å². The maximum Gasteiger partial charge on any atom is 0.321 e. The minimum Gasteiger partial charge on any atom is -0.370 e. The first kappa shape index (κ1) is 9.83. The van der Waals surface area contributed by atoms with Crippen molar-refractivity contribution in [3.8, 4) is 0 Å². The van der Waals surface area contributed by atoms with Crippen LogP contribution in [0.25, 0.3) is 0 Å². The molecule has 0 atom stereocenters. The summed E-state index contributed by atoms with van der Waals surface area (Å²) in [7, 11) is 0. The number of nitrogens with two attached hydrogens (primary N) is 2. The van der Waals surface area contributed by atoms with Crippen molar-refractivity contribution in [1.82, 2.24) is 4.90 Å². The Labute approximate surface area is 77.6 Å². The number of rotatable bonds is 1. The molecule has 0 bridgehead atoms. The SMILES string of the molecule is N=C(N)N(C(N)=O)C1CCCCC1. The van der Waals surface area contributed by atoms with Crippen molar-refractivity contribution in [2.24, 2.45) is 11.5 Å². The maximum absolute atomic E-state index is 11.0. The number of hydrogen-bond donors (Lipinski definition) is 3. The van der Waals surface area contributed by atoms with E-state index in [-0.39, 0.29) is 12.0 Å². The quantitative estimate of drug-likeness (QED) is 0.411. The number of carbonyl (C=O) groups is 1. The van der Waals surface area contributed by atoms with Crippen molar-refractivity contribution in [3.05, 3.63) is 0 Å². The lowest BCUT2D eigenvalue weighted by Crippen LogP contribution is -2.51. The Morgan fingerprint density at radius 2 is 1.77 bits per heavy atom. The number of amides is 2. The predicted molar refractivity (Wildman–Crippen MR) is 50.2 cm³/mol. The molecule has 1 aliphatic carbocycles. The highest BCUT2D eigenvalue weighted by molar-refractivity contribution is 5.93. The molecule has 0 heterocycles. The van der Waals surface area contributed by atoms with Crippen molar-refractivity contribution in [1.29, 1.82) is 5.41 Å². The molecule has 74 valence electrons. The van der Waals surface area contributed by atoms with E-state index in [2.05, 4.69) is 0 Å². The van der Waals surface area contributed by atoms with Crippen LogP contribution in [0.15, 0.2) is 0 Å². The molecule has 0 spiro atoms. The fourth-order valence-corrected chi connectivity index (χ4v) is 1.83. The predicted octanol–water partition coefficient (Wildman–Crippen LogP) is 0.593. The van der Waals surface area contributed by atoms with Crippen LogP contribution in [-0.2, 0) is 0 Å². The van der Waals surface area contributed by atoms with Crippen LogP contribution in [0.4, 0.5) is 4.79 Å². The summed E-state index contributed by atoms with van der Waals surface area (Å²) in [5.74, 6) is -0.237. The van der Waals surface area contributed by atoms with Crippen molar-refractivity contribution in [2.75, 3.05) is 0 Å². The number of guanidine groups is 1. The van der Waals surface area contributed by atoms with E-state index in [9.17, 15) is 4.79 Å². The second-order valence-corrected chi connectivity index (χ2v) is 3.39. The first-order valence-electron chi connectivity index (χ1n) is 4.55. The molecule has 0 radical (unpaired) electrons. The lowest BCUT2D eigenvalue weighted by atomic mass is 9.94. The third kappa shape index (κ3) is 2.34.